The Morgan fingerprint density at radius 1 is 1.04 bits per heavy atom. The van der Waals surface area contributed by atoms with Crippen LogP contribution in [0.2, 0.25) is 0 Å². The first-order valence-corrected chi connectivity index (χ1v) is 11.3. The monoisotopic (exact) mass is 384 g/mol. The number of fused-ring (bicyclic) bond motifs is 3. The molecule has 152 valence electrons. The van der Waals surface area contributed by atoms with Crippen LogP contribution in [0.25, 0.3) is 0 Å². The Morgan fingerprint density at radius 3 is 2.68 bits per heavy atom. The number of aliphatic hydroxyl groups is 1. The molecule has 1 aliphatic heterocycles. The molecule has 28 heavy (non-hydrogen) atoms. The molecule has 1 aromatic heterocycles. The van der Waals surface area contributed by atoms with Crippen LogP contribution in [0.4, 0.5) is 0 Å². The van der Waals surface area contributed by atoms with Crippen molar-refractivity contribution >= 4 is 0 Å². The molecule has 4 saturated carbocycles. The van der Waals surface area contributed by atoms with Crippen LogP contribution in [0, 0.1) is 28.6 Å². The van der Waals surface area contributed by atoms with Gasteiger partial charge in [-0.3, -0.25) is 0 Å². The summed E-state index contributed by atoms with van der Waals surface area (Å²) in [5.74, 6) is 2.48. The highest BCUT2D eigenvalue weighted by Gasteiger charge is 2.80. The van der Waals surface area contributed by atoms with Gasteiger partial charge in [-0.05, 0) is 92.1 Å². The van der Waals surface area contributed by atoms with Crippen LogP contribution in [0.1, 0.15) is 76.7 Å². The lowest BCUT2D eigenvalue weighted by atomic mass is 9.44. The fourth-order valence-corrected chi connectivity index (χ4v) is 8.74. The van der Waals surface area contributed by atoms with E-state index in [1.807, 2.05) is 6.07 Å². The molecule has 4 heteroatoms. The van der Waals surface area contributed by atoms with E-state index in [2.05, 4.69) is 13.8 Å². The molecule has 4 aliphatic carbocycles. The Bertz CT molecular complexity index is 842. The zero-order valence-corrected chi connectivity index (χ0v) is 17.0. The minimum Gasteiger partial charge on any atom is -0.431 e. The fraction of sp³-hybridized carbons (Fsp3) is 0.792. The summed E-state index contributed by atoms with van der Waals surface area (Å²) in [6.45, 7) is 4.97. The lowest BCUT2D eigenvalue weighted by Crippen LogP contribution is -2.58. The molecule has 1 aromatic rings. The highest BCUT2D eigenvalue weighted by atomic mass is 16.6. The summed E-state index contributed by atoms with van der Waals surface area (Å²) in [5, 5.41) is 10.2. The van der Waals surface area contributed by atoms with Crippen LogP contribution in [0.5, 0.6) is 0 Å². The average Bonchev–Trinajstić information content (AvgIpc) is 3.33. The second-order valence-electron chi connectivity index (χ2n) is 11.0. The molecular formula is C24H32O4. The molecule has 0 aromatic carbocycles. The van der Waals surface area contributed by atoms with Gasteiger partial charge in [-0.2, -0.15) is 0 Å². The Balaban J connectivity index is 1.36. The number of epoxide rings is 1. The molecular weight excluding hydrogens is 352 g/mol. The van der Waals surface area contributed by atoms with E-state index in [-0.39, 0.29) is 22.7 Å². The minimum atomic E-state index is -0.266. The van der Waals surface area contributed by atoms with Crippen molar-refractivity contribution in [2.45, 2.75) is 88.9 Å². The van der Waals surface area contributed by atoms with Crippen molar-refractivity contribution in [3.63, 3.8) is 0 Å². The Kier molecular flexibility index (Phi) is 3.49. The van der Waals surface area contributed by atoms with Crippen molar-refractivity contribution < 1.29 is 14.3 Å². The van der Waals surface area contributed by atoms with E-state index in [4.69, 9.17) is 9.15 Å². The fourth-order valence-electron chi connectivity index (χ4n) is 8.74. The van der Waals surface area contributed by atoms with Crippen molar-refractivity contribution in [2.24, 2.45) is 28.6 Å². The lowest BCUT2D eigenvalue weighted by molar-refractivity contribution is -0.139. The summed E-state index contributed by atoms with van der Waals surface area (Å²) in [4.78, 5) is 11.4. The van der Waals surface area contributed by atoms with E-state index in [1.165, 1.54) is 37.7 Å². The number of hydrogen-bond donors (Lipinski definition) is 1. The van der Waals surface area contributed by atoms with Crippen molar-refractivity contribution in [1.82, 2.24) is 0 Å². The predicted molar refractivity (Wildman–Crippen MR) is 105 cm³/mol. The van der Waals surface area contributed by atoms with Gasteiger partial charge in [0, 0.05) is 11.5 Å². The summed E-state index contributed by atoms with van der Waals surface area (Å²) in [6.07, 6.45) is 11.1. The molecule has 1 N–H and O–H groups in total. The maximum atomic E-state index is 11.4. The Labute approximate surface area is 166 Å². The van der Waals surface area contributed by atoms with Gasteiger partial charge >= 0.3 is 5.63 Å². The van der Waals surface area contributed by atoms with Crippen molar-refractivity contribution in [1.29, 1.82) is 0 Å². The molecule has 5 fully saturated rings. The zero-order chi connectivity index (χ0) is 19.3. The molecule has 0 amide bonds. The van der Waals surface area contributed by atoms with Crippen LogP contribution < -0.4 is 5.63 Å². The molecule has 9 atom stereocenters. The molecule has 0 radical (unpaired) electrons. The van der Waals surface area contributed by atoms with E-state index in [9.17, 15) is 9.90 Å². The Hall–Kier alpha value is -1.13. The number of hydrogen-bond acceptors (Lipinski definition) is 4. The lowest BCUT2D eigenvalue weighted by Gasteiger charge is -2.61. The highest BCUT2D eigenvalue weighted by molar-refractivity contribution is 5.35. The first-order valence-electron chi connectivity index (χ1n) is 11.3. The largest absolute Gasteiger partial charge is 0.431 e. The van der Waals surface area contributed by atoms with Crippen LogP contribution >= 0.6 is 0 Å². The Morgan fingerprint density at radius 2 is 1.89 bits per heavy atom. The van der Waals surface area contributed by atoms with E-state index in [0.29, 0.717) is 29.3 Å². The summed E-state index contributed by atoms with van der Waals surface area (Å²) in [7, 11) is 0. The maximum Gasteiger partial charge on any atom is 0.335 e. The third kappa shape index (κ3) is 2.01. The van der Waals surface area contributed by atoms with Gasteiger partial charge in [0.05, 0.1) is 18.5 Å². The van der Waals surface area contributed by atoms with Gasteiger partial charge in [0.1, 0.15) is 5.60 Å². The third-order valence-electron chi connectivity index (χ3n) is 10.2. The molecule has 1 saturated heterocycles. The van der Waals surface area contributed by atoms with Crippen LogP contribution in [-0.2, 0) is 4.74 Å². The zero-order valence-electron chi connectivity index (χ0n) is 17.0. The second kappa shape index (κ2) is 5.51. The quantitative estimate of drug-likeness (QED) is 0.735. The van der Waals surface area contributed by atoms with Crippen LogP contribution in [0.3, 0.4) is 0 Å². The number of rotatable bonds is 1. The summed E-state index contributed by atoms with van der Waals surface area (Å²) in [6, 6.07) is 3.55. The molecule has 4 nitrogen and oxygen atoms in total. The molecule has 1 spiro atoms. The third-order valence-corrected chi connectivity index (χ3v) is 10.2. The average molecular weight is 385 g/mol. The summed E-state index contributed by atoms with van der Waals surface area (Å²) >= 11 is 0. The summed E-state index contributed by atoms with van der Waals surface area (Å²) in [5.41, 5.74) is 1.44. The van der Waals surface area contributed by atoms with Gasteiger partial charge in [0.2, 0.25) is 0 Å². The molecule has 0 unspecified atom stereocenters. The molecule has 2 heterocycles. The van der Waals surface area contributed by atoms with Gasteiger partial charge in [-0.15, -0.1) is 0 Å². The maximum absolute atomic E-state index is 11.4. The van der Waals surface area contributed by atoms with E-state index < -0.39 is 0 Å². The van der Waals surface area contributed by atoms with Crippen molar-refractivity contribution in [2.75, 3.05) is 0 Å². The highest BCUT2D eigenvalue weighted by Crippen LogP contribution is 2.77. The van der Waals surface area contributed by atoms with Crippen LogP contribution in [0.15, 0.2) is 27.6 Å². The molecule has 6 rings (SSSR count). The van der Waals surface area contributed by atoms with Gasteiger partial charge in [0.15, 0.2) is 0 Å². The number of ether oxygens (including phenoxy) is 1. The first-order chi connectivity index (χ1) is 13.4. The van der Waals surface area contributed by atoms with E-state index in [1.54, 1.807) is 12.3 Å². The second-order valence-corrected chi connectivity index (χ2v) is 11.0. The predicted octanol–water partition coefficient (Wildman–Crippen LogP) is 4.26. The SMILES string of the molecule is C[C@]12CC[C@H](O)C[C@H]1CC[C@@H]1[C@@H]2CC[C@]2(C)[C@@H](c3ccc(=O)oc3)C[C@@H]3O[C@]312. The topological polar surface area (TPSA) is 63.0 Å². The number of aliphatic hydroxyl groups excluding tert-OH is 1. The summed E-state index contributed by atoms with van der Waals surface area (Å²) < 4.78 is 11.8. The van der Waals surface area contributed by atoms with E-state index in [0.717, 1.165) is 25.2 Å². The van der Waals surface area contributed by atoms with E-state index >= 15 is 0 Å². The normalized spacial score (nSPS) is 54.2. The minimum absolute atomic E-state index is 0.0285. The van der Waals surface area contributed by atoms with Gasteiger partial charge in [-0.1, -0.05) is 13.8 Å². The van der Waals surface area contributed by atoms with Crippen molar-refractivity contribution in [3.8, 4) is 0 Å². The standard InChI is InChI=1S/C24H32O4/c1-22-9-7-16(25)11-15(22)4-5-18-17(22)8-10-23(2)19(12-20-24(18,23)28-20)14-3-6-21(26)27-13-14/h3,6,13,15-20,25H,4-5,7-12H2,1-2H3/t15-,16+,17+,18-,19-,20+,22+,23-,24+/m1/s1. The van der Waals surface area contributed by atoms with Crippen LogP contribution in [-0.4, -0.2) is 22.9 Å². The molecule has 0 bridgehead atoms. The van der Waals surface area contributed by atoms with Crippen molar-refractivity contribution in [3.05, 3.63) is 34.4 Å². The smallest absolute Gasteiger partial charge is 0.335 e. The molecule has 5 aliphatic rings. The first kappa shape index (κ1) is 17.7. The van der Waals surface area contributed by atoms with Gasteiger partial charge < -0.3 is 14.3 Å². The van der Waals surface area contributed by atoms with Gasteiger partial charge in [0.25, 0.3) is 0 Å². The van der Waals surface area contributed by atoms with Gasteiger partial charge in [-0.25, -0.2) is 4.79 Å².